The Morgan fingerprint density at radius 1 is 1.04 bits per heavy atom. The Morgan fingerprint density at radius 2 is 1.75 bits per heavy atom. The molecule has 1 unspecified atom stereocenters. The number of nitrogens with zero attached hydrogens (tertiary/aromatic N) is 3. The predicted molar refractivity (Wildman–Crippen MR) is 103 cm³/mol. The van der Waals surface area contributed by atoms with Crippen molar-refractivity contribution in [2.24, 2.45) is 0 Å². The van der Waals surface area contributed by atoms with Gasteiger partial charge >= 0.3 is 6.03 Å². The molecule has 0 radical (unpaired) electrons. The highest BCUT2D eigenvalue weighted by Gasteiger charge is 2.48. The van der Waals surface area contributed by atoms with Crippen LogP contribution in [0.4, 0.5) is 14.9 Å². The zero-order chi connectivity index (χ0) is 19.7. The van der Waals surface area contributed by atoms with Gasteiger partial charge in [0.25, 0.3) is 5.91 Å². The number of anilines is 1. The molecule has 2 aromatic rings. The number of carbonyl (C=O) groups is 2. The normalized spacial score (nSPS) is 19.9. The fourth-order valence-electron chi connectivity index (χ4n) is 3.51. The molecular formula is C20H19ClFN3O3. The third-order valence-electron chi connectivity index (χ3n) is 4.98. The minimum Gasteiger partial charge on any atom is -0.492 e. The Morgan fingerprint density at radius 3 is 2.46 bits per heavy atom. The number of carbonyl (C=O) groups excluding carboxylic acids is 2. The summed E-state index contributed by atoms with van der Waals surface area (Å²) < 4.78 is 18.6. The van der Waals surface area contributed by atoms with Gasteiger partial charge in [-0.3, -0.25) is 9.69 Å². The number of hydrogen-bond donors (Lipinski definition) is 0. The van der Waals surface area contributed by atoms with E-state index in [1.165, 1.54) is 17.0 Å². The van der Waals surface area contributed by atoms with Crippen molar-refractivity contribution in [1.29, 1.82) is 0 Å². The largest absolute Gasteiger partial charge is 0.492 e. The second kappa shape index (κ2) is 7.77. The summed E-state index contributed by atoms with van der Waals surface area (Å²) in [6.07, 6.45) is 0. The van der Waals surface area contributed by atoms with Crippen LogP contribution in [0, 0.1) is 5.82 Å². The van der Waals surface area contributed by atoms with E-state index in [2.05, 4.69) is 4.90 Å². The van der Waals surface area contributed by atoms with Crippen molar-refractivity contribution in [2.75, 3.05) is 37.7 Å². The van der Waals surface area contributed by atoms with Crippen molar-refractivity contribution < 1.29 is 18.7 Å². The molecule has 146 valence electrons. The maximum absolute atomic E-state index is 12.9. The van der Waals surface area contributed by atoms with Crippen LogP contribution in [0.15, 0.2) is 48.5 Å². The minimum atomic E-state index is -0.497. The van der Waals surface area contributed by atoms with E-state index in [9.17, 15) is 14.0 Å². The van der Waals surface area contributed by atoms with E-state index >= 15 is 0 Å². The molecule has 3 amide bonds. The number of halogens is 2. The number of rotatable bonds is 5. The zero-order valence-corrected chi connectivity index (χ0v) is 15.8. The van der Waals surface area contributed by atoms with E-state index in [4.69, 9.17) is 16.3 Å². The number of piperazine rings is 1. The molecule has 1 atom stereocenters. The van der Waals surface area contributed by atoms with Crippen molar-refractivity contribution in [2.45, 2.75) is 6.04 Å². The Hall–Kier alpha value is -2.64. The van der Waals surface area contributed by atoms with Crippen molar-refractivity contribution in [3.8, 4) is 5.75 Å². The average Bonchev–Trinajstić information content (AvgIpc) is 2.94. The van der Waals surface area contributed by atoms with Crippen molar-refractivity contribution >= 4 is 29.2 Å². The SMILES string of the molecule is O=C1C2CN(CCOc3ccc(F)cc3)CCN2C(=O)N1c1ccc(Cl)cc1. The van der Waals surface area contributed by atoms with E-state index in [0.29, 0.717) is 49.2 Å². The number of urea groups is 1. The Kier molecular flexibility index (Phi) is 5.19. The molecule has 2 saturated heterocycles. The highest BCUT2D eigenvalue weighted by molar-refractivity contribution is 6.30. The van der Waals surface area contributed by atoms with Gasteiger partial charge in [0.05, 0.1) is 5.69 Å². The molecule has 0 spiro atoms. The van der Waals surface area contributed by atoms with Gasteiger partial charge in [0, 0.05) is 31.2 Å². The van der Waals surface area contributed by atoms with Crippen LogP contribution in [-0.2, 0) is 4.79 Å². The Bertz CT molecular complexity index is 875. The van der Waals surface area contributed by atoms with Crippen LogP contribution < -0.4 is 9.64 Å². The third-order valence-corrected chi connectivity index (χ3v) is 5.23. The van der Waals surface area contributed by atoms with Gasteiger partial charge in [0.1, 0.15) is 24.2 Å². The number of ether oxygens (including phenoxy) is 1. The van der Waals surface area contributed by atoms with E-state index in [0.717, 1.165) is 0 Å². The number of amides is 3. The van der Waals surface area contributed by atoms with Crippen LogP contribution in [0.25, 0.3) is 0 Å². The molecule has 28 heavy (non-hydrogen) atoms. The zero-order valence-electron chi connectivity index (χ0n) is 15.1. The molecule has 4 rings (SSSR count). The molecular weight excluding hydrogens is 385 g/mol. The van der Waals surface area contributed by atoms with Gasteiger partial charge in [-0.05, 0) is 48.5 Å². The first kappa shape index (κ1) is 18.7. The molecule has 6 nitrogen and oxygen atoms in total. The molecule has 2 aliphatic rings. The van der Waals surface area contributed by atoms with Gasteiger partial charge in [-0.15, -0.1) is 0 Å². The lowest BCUT2D eigenvalue weighted by Gasteiger charge is -2.35. The van der Waals surface area contributed by atoms with Crippen molar-refractivity contribution in [3.05, 3.63) is 59.4 Å². The molecule has 0 saturated carbocycles. The summed E-state index contributed by atoms with van der Waals surface area (Å²) in [6.45, 7) is 2.64. The summed E-state index contributed by atoms with van der Waals surface area (Å²) in [4.78, 5) is 30.5. The van der Waals surface area contributed by atoms with Gasteiger partial charge in [-0.1, -0.05) is 11.6 Å². The molecule has 8 heteroatoms. The summed E-state index contributed by atoms with van der Waals surface area (Å²) >= 11 is 5.90. The number of fused-ring (bicyclic) bond motifs is 1. The molecule has 2 fully saturated rings. The lowest BCUT2D eigenvalue weighted by atomic mass is 10.2. The predicted octanol–water partition coefficient (Wildman–Crippen LogP) is 3.01. The number of hydrogen-bond acceptors (Lipinski definition) is 4. The van der Waals surface area contributed by atoms with Crippen LogP contribution in [0.1, 0.15) is 0 Å². The van der Waals surface area contributed by atoms with Crippen LogP contribution in [0.5, 0.6) is 5.75 Å². The first-order chi connectivity index (χ1) is 13.5. The summed E-state index contributed by atoms with van der Waals surface area (Å²) in [5.41, 5.74) is 0.528. The molecule has 0 bridgehead atoms. The summed E-state index contributed by atoms with van der Waals surface area (Å²) in [7, 11) is 0. The van der Waals surface area contributed by atoms with Gasteiger partial charge in [0.2, 0.25) is 0 Å². The molecule has 2 heterocycles. The summed E-state index contributed by atoms with van der Waals surface area (Å²) in [5, 5.41) is 0.549. The fourth-order valence-corrected chi connectivity index (χ4v) is 3.63. The Balaban J connectivity index is 1.36. The summed E-state index contributed by atoms with van der Waals surface area (Å²) in [6, 6.07) is 11.7. The smallest absolute Gasteiger partial charge is 0.332 e. The van der Waals surface area contributed by atoms with E-state index in [1.54, 1.807) is 41.3 Å². The second-order valence-corrected chi connectivity index (χ2v) is 7.18. The average molecular weight is 404 g/mol. The highest BCUT2D eigenvalue weighted by Crippen LogP contribution is 2.28. The maximum Gasteiger partial charge on any atom is 0.332 e. The monoisotopic (exact) mass is 403 g/mol. The van der Waals surface area contributed by atoms with Gasteiger partial charge in [-0.2, -0.15) is 0 Å². The van der Waals surface area contributed by atoms with E-state index < -0.39 is 6.04 Å². The lowest BCUT2D eigenvalue weighted by Crippen LogP contribution is -2.53. The lowest BCUT2D eigenvalue weighted by molar-refractivity contribution is -0.121. The topological polar surface area (TPSA) is 53.1 Å². The molecule has 0 aliphatic carbocycles. The Labute approximate surface area is 167 Å². The van der Waals surface area contributed by atoms with Crippen molar-refractivity contribution in [1.82, 2.24) is 9.80 Å². The fraction of sp³-hybridized carbons (Fsp3) is 0.300. The summed E-state index contributed by atoms with van der Waals surface area (Å²) in [5.74, 6) is 0.0654. The second-order valence-electron chi connectivity index (χ2n) is 6.74. The van der Waals surface area contributed by atoms with Gasteiger partial charge < -0.3 is 9.64 Å². The van der Waals surface area contributed by atoms with E-state index in [1.807, 2.05) is 0 Å². The van der Waals surface area contributed by atoms with Crippen molar-refractivity contribution in [3.63, 3.8) is 0 Å². The molecule has 2 aromatic carbocycles. The van der Waals surface area contributed by atoms with Crippen LogP contribution >= 0.6 is 11.6 Å². The first-order valence-corrected chi connectivity index (χ1v) is 9.41. The van der Waals surface area contributed by atoms with Gasteiger partial charge in [-0.25, -0.2) is 14.1 Å². The standard InChI is InChI=1S/C20H19ClFN3O3/c21-14-1-5-16(6-2-14)25-19(26)18-13-23(9-10-24(18)20(25)27)11-12-28-17-7-3-15(22)4-8-17/h1-8,18H,9-13H2. The van der Waals surface area contributed by atoms with Crippen LogP contribution in [-0.4, -0.2) is 60.6 Å². The quantitative estimate of drug-likeness (QED) is 0.720. The molecule has 0 N–H and O–H groups in total. The molecule has 2 aliphatic heterocycles. The van der Waals surface area contributed by atoms with Gasteiger partial charge in [0.15, 0.2) is 0 Å². The maximum atomic E-state index is 12.9. The third kappa shape index (κ3) is 3.68. The first-order valence-electron chi connectivity index (χ1n) is 9.04. The number of imide groups is 1. The molecule has 0 aromatic heterocycles. The minimum absolute atomic E-state index is 0.225. The van der Waals surface area contributed by atoms with E-state index in [-0.39, 0.29) is 17.8 Å². The number of benzene rings is 2. The highest BCUT2D eigenvalue weighted by atomic mass is 35.5. The van der Waals surface area contributed by atoms with Crippen LogP contribution in [0.3, 0.4) is 0 Å². The van der Waals surface area contributed by atoms with Crippen LogP contribution in [0.2, 0.25) is 5.02 Å².